The molecular weight excluding hydrogens is 640 g/mol. The number of nitrogens with zero attached hydrogens (tertiary/aromatic N) is 4. The van der Waals surface area contributed by atoms with E-state index >= 15 is 0 Å². The average Bonchev–Trinajstić information content (AvgIpc) is 2.32. The van der Waals surface area contributed by atoms with Crippen LogP contribution in [0.4, 0.5) is 0 Å². The Hall–Kier alpha value is 2.08. The van der Waals surface area contributed by atoms with E-state index in [0.29, 0.717) is 0 Å². The zero-order chi connectivity index (χ0) is 31.0. The molecule has 0 spiro atoms. The van der Waals surface area contributed by atoms with Crippen LogP contribution in [0.15, 0.2) is 0 Å². The minimum Gasteiger partial charge on any atom is -0.668 e. The quantitative estimate of drug-likeness (QED) is 0.157. The van der Waals surface area contributed by atoms with Gasteiger partial charge >= 0.3 is 16.8 Å². The molecule has 0 saturated carbocycles. The van der Waals surface area contributed by atoms with Crippen molar-refractivity contribution in [1.82, 2.24) is 12.7 Å². The average molecular weight is 713 g/mol. The summed E-state index contributed by atoms with van der Waals surface area (Å²) in [6.07, 6.45) is 1.69. The van der Waals surface area contributed by atoms with Crippen LogP contribution in [0.25, 0.3) is 4.65 Å². The zero-order valence-corrected chi connectivity index (χ0v) is 39.7. The largest absolute Gasteiger partial charge is 2.00 e. The molecule has 0 N–H and O–H groups in total. The van der Waals surface area contributed by atoms with Crippen molar-refractivity contribution < 1.29 is 16.8 Å². The first-order chi connectivity index (χ1) is 15.4. The second-order valence-corrected chi connectivity index (χ2v) is 58.4. The van der Waals surface area contributed by atoms with Gasteiger partial charge < -0.3 is 17.3 Å². The summed E-state index contributed by atoms with van der Waals surface area (Å²) < 4.78 is 14.0. The Bertz CT molecular complexity index is 569. The van der Waals surface area contributed by atoms with E-state index in [4.69, 9.17) is 4.65 Å². The van der Waals surface area contributed by atoms with E-state index in [1.54, 1.807) is 6.29 Å². The van der Waals surface area contributed by atoms with Gasteiger partial charge in [0.25, 0.3) is 0 Å². The third-order valence-electron chi connectivity index (χ3n) is 5.30. The molecule has 0 aliphatic carbocycles. The van der Waals surface area contributed by atoms with Crippen LogP contribution in [0.3, 0.4) is 0 Å². The van der Waals surface area contributed by atoms with Crippen LogP contribution >= 0.6 is 0 Å². The molecule has 0 fully saturated rings. The van der Waals surface area contributed by atoms with Crippen LogP contribution in [0.5, 0.6) is 0 Å². The maximum atomic E-state index is 4.82. The molecule has 0 atom stereocenters. The minimum absolute atomic E-state index is 0. The van der Waals surface area contributed by atoms with Gasteiger partial charge in [-0.15, -0.1) is 0 Å². The van der Waals surface area contributed by atoms with Crippen molar-refractivity contribution in [2.45, 2.75) is 157 Å². The van der Waals surface area contributed by atoms with E-state index in [2.05, 4.69) is 170 Å². The van der Waals surface area contributed by atoms with E-state index in [9.17, 15) is 0 Å². The molecule has 0 amide bonds. The molecule has 0 aromatic heterocycles. The van der Waals surface area contributed by atoms with Crippen molar-refractivity contribution in [3.8, 4) is 0 Å². The van der Waals surface area contributed by atoms with Crippen molar-refractivity contribution in [1.29, 1.82) is 0 Å². The molecule has 4 nitrogen and oxygen atoms in total. The van der Waals surface area contributed by atoms with Crippen molar-refractivity contribution >= 4 is 65.9 Å². The van der Waals surface area contributed by atoms with Crippen LogP contribution in [0, 0.1) is 6.29 Å². The molecular formula is C25H72CoN4Si8. The third kappa shape index (κ3) is 16.6. The van der Waals surface area contributed by atoms with Crippen molar-refractivity contribution in [3.05, 3.63) is 10.9 Å². The molecule has 0 heterocycles. The van der Waals surface area contributed by atoms with Gasteiger partial charge in [0, 0.05) is 0 Å². The molecule has 0 aromatic carbocycles. The molecule has 0 saturated heterocycles. The molecule has 13 heteroatoms. The predicted molar refractivity (Wildman–Crippen MR) is 199 cm³/mol. The topological polar surface area (TPSA) is 23.8 Å². The number of hydrogen-bond donors (Lipinski definition) is 0. The molecule has 233 valence electrons. The van der Waals surface area contributed by atoms with Crippen LogP contribution < -0.4 is 0 Å². The summed E-state index contributed by atoms with van der Waals surface area (Å²) in [6, 6.07) is 0. The molecule has 1 radical (unpaired) electrons. The fourth-order valence-electron chi connectivity index (χ4n) is 6.12. The fourth-order valence-corrected chi connectivity index (χ4v) is 44.3. The van der Waals surface area contributed by atoms with Gasteiger partial charge in [-0.3, -0.25) is 0 Å². The Balaban J connectivity index is -0.00000104. The summed E-state index contributed by atoms with van der Waals surface area (Å²) in [5.41, 5.74) is 0. The number of rotatable bonds is 11. The normalized spacial score (nSPS) is 15.2. The Labute approximate surface area is 261 Å². The van der Waals surface area contributed by atoms with Gasteiger partial charge in [0.15, 0.2) is 0 Å². The second kappa shape index (κ2) is 14.2. The van der Waals surface area contributed by atoms with E-state index in [-0.39, 0.29) is 16.8 Å². The van der Waals surface area contributed by atoms with Crippen molar-refractivity contribution in [2.24, 2.45) is 0 Å². The SMILES string of the molecule is C[Si](C)(C)N([C-](N([Si](C)(C)C)[Si](C)(C)C)N([Si](C)(C)C)[Si](C)(C)C)[Si](C)(C)C.C[Si](C)(C)[N-][Si](C)(C)C.[Co+2]. The summed E-state index contributed by atoms with van der Waals surface area (Å²) in [5, 5.41) is 0. The fraction of sp³-hybridized carbons (Fsp3) is 0.960. The first-order valence-corrected chi connectivity index (χ1v) is 42.0. The summed E-state index contributed by atoms with van der Waals surface area (Å²) >= 11 is 0. The van der Waals surface area contributed by atoms with Crippen LogP contribution in [0.1, 0.15) is 0 Å². The summed E-state index contributed by atoms with van der Waals surface area (Å²) in [4.78, 5) is 0. The molecule has 0 aliphatic heterocycles. The van der Waals surface area contributed by atoms with Crippen molar-refractivity contribution in [2.75, 3.05) is 0 Å². The standard InChI is InChI=1S/C19H54N3Si6.C6H18NSi2.Co/c1-23(2,3)20(24(4,5)6)19(21(25(7,8)9)26(10,11)12)22(27(13,14)15)28(16,17)18;1-8(2,3)7-9(4,5)6;/h1-18H3;1-6H3;/q2*-1;+2. The van der Waals surface area contributed by atoms with Gasteiger partial charge in [-0.2, -0.15) is 6.29 Å². The van der Waals surface area contributed by atoms with Crippen molar-refractivity contribution in [3.63, 3.8) is 0 Å². The Morgan fingerprint density at radius 3 is 0.500 bits per heavy atom. The summed E-state index contributed by atoms with van der Waals surface area (Å²) in [7, 11) is -11.6. The monoisotopic (exact) mass is 711 g/mol. The summed E-state index contributed by atoms with van der Waals surface area (Å²) in [6.45, 7) is 60.1. The van der Waals surface area contributed by atoms with Crippen LogP contribution in [-0.2, 0) is 16.8 Å². The van der Waals surface area contributed by atoms with Gasteiger partial charge in [-0.25, -0.2) is 0 Å². The van der Waals surface area contributed by atoms with Gasteiger partial charge in [0.2, 0.25) is 0 Å². The second-order valence-electron chi connectivity index (χ2n) is 18.8. The third-order valence-corrected chi connectivity index (χ3v) is 32.0. The smallest absolute Gasteiger partial charge is 0.668 e. The minimum atomic E-state index is -1.56. The first-order valence-electron chi connectivity index (χ1n) is 14.5. The predicted octanol–water partition coefficient (Wildman–Crippen LogP) is 10.4. The molecule has 38 heavy (non-hydrogen) atoms. The van der Waals surface area contributed by atoms with E-state index in [0.717, 1.165) is 0 Å². The van der Waals surface area contributed by atoms with Gasteiger partial charge in [0.1, 0.15) is 0 Å². The molecule has 0 unspecified atom stereocenters. The molecule has 0 aromatic rings. The van der Waals surface area contributed by atoms with Crippen LogP contribution in [0.2, 0.25) is 157 Å². The maximum Gasteiger partial charge on any atom is 2.00 e. The maximum absolute atomic E-state index is 4.82. The number of hydrogen-bond acceptors (Lipinski definition) is 3. The van der Waals surface area contributed by atoms with E-state index < -0.39 is 65.9 Å². The zero-order valence-electron chi connectivity index (χ0n) is 30.6. The molecule has 0 rings (SSSR count). The molecule has 0 aliphatic rings. The first kappa shape index (κ1) is 44.5. The van der Waals surface area contributed by atoms with Gasteiger partial charge in [-0.1, -0.05) is 174 Å². The Morgan fingerprint density at radius 1 is 0.316 bits per heavy atom. The Morgan fingerprint density at radius 2 is 0.447 bits per heavy atom. The van der Waals surface area contributed by atoms with Gasteiger partial charge in [-0.05, 0) is 0 Å². The van der Waals surface area contributed by atoms with E-state index in [1.165, 1.54) is 0 Å². The molecule has 0 bridgehead atoms. The summed E-state index contributed by atoms with van der Waals surface area (Å²) in [5.74, 6) is 0. The van der Waals surface area contributed by atoms with Gasteiger partial charge in [0.05, 0.1) is 49.4 Å². The van der Waals surface area contributed by atoms with Crippen LogP contribution in [-0.4, -0.2) is 78.6 Å². The van der Waals surface area contributed by atoms with E-state index in [1.807, 2.05) is 0 Å². The Kier molecular flexibility index (Phi) is 16.7.